The molecule has 72 heavy (non-hydrogen) atoms. The first-order chi connectivity index (χ1) is 35.5. The topological polar surface area (TPSA) is 78.9 Å². The zero-order valence-corrected chi connectivity index (χ0v) is 49.0. The molecule has 0 saturated heterocycles. The molecule has 0 aromatic rings. The molecule has 1 unspecified atom stereocenters. The molecule has 6 nitrogen and oxygen atoms in total. The summed E-state index contributed by atoms with van der Waals surface area (Å²) in [6.45, 7) is 6.68. The Morgan fingerprint density at radius 1 is 0.264 bits per heavy atom. The van der Waals surface area contributed by atoms with Crippen molar-refractivity contribution < 1.29 is 28.6 Å². The van der Waals surface area contributed by atoms with Gasteiger partial charge < -0.3 is 14.2 Å². The van der Waals surface area contributed by atoms with E-state index in [-0.39, 0.29) is 31.1 Å². The molecule has 0 aromatic carbocycles. The van der Waals surface area contributed by atoms with Crippen LogP contribution in [0, 0.1) is 0 Å². The number of carbonyl (C=O) groups excluding carboxylic acids is 3. The molecule has 0 heterocycles. The van der Waals surface area contributed by atoms with Crippen molar-refractivity contribution in [1.29, 1.82) is 0 Å². The van der Waals surface area contributed by atoms with Crippen molar-refractivity contribution in [2.24, 2.45) is 0 Å². The average Bonchev–Trinajstić information content (AvgIpc) is 3.38. The van der Waals surface area contributed by atoms with E-state index >= 15 is 0 Å². The predicted molar refractivity (Wildman–Crippen MR) is 312 cm³/mol. The zero-order valence-electron chi connectivity index (χ0n) is 49.0. The van der Waals surface area contributed by atoms with Crippen LogP contribution in [0.5, 0.6) is 0 Å². The van der Waals surface area contributed by atoms with Crippen LogP contribution in [0.3, 0.4) is 0 Å². The lowest BCUT2D eigenvalue weighted by Gasteiger charge is -2.18. The molecule has 0 aliphatic rings. The van der Waals surface area contributed by atoms with Crippen molar-refractivity contribution in [3.05, 3.63) is 12.2 Å². The number of ether oxygens (including phenoxy) is 3. The molecule has 1 atom stereocenters. The van der Waals surface area contributed by atoms with Gasteiger partial charge in [0.1, 0.15) is 13.2 Å². The Labute approximate surface area is 450 Å². The summed E-state index contributed by atoms with van der Waals surface area (Å²) in [5, 5.41) is 0. The van der Waals surface area contributed by atoms with Crippen LogP contribution in [0.1, 0.15) is 374 Å². The van der Waals surface area contributed by atoms with E-state index in [0.717, 1.165) is 57.8 Å². The third kappa shape index (κ3) is 59.0. The van der Waals surface area contributed by atoms with E-state index in [4.69, 9.17) is 14.2 Å². The van der Waals surface area contributed by atoms with Gasteiger partial charge in [-0.15, -0.1) is 0 Å². The Kier molecular flexibility index (Phi) is 60.1. The van der Waals surface area contributed by atoms with Gasteiger partial charge in [-0.25, -0.2) is 0 Å². The van der Waals surface area contributed by atoms with Gasteiger partial charge in [-0.1, -0.05) is 322 Å². The Morgan fingerprint density at radius 3 is 0.694 bits per heavy atom. The van der Waals surface area contributed by atoms with Gasteiger partial charge in [-0.3, -0.25) is 14.4 Å². The first kappa shape index (κ1) is 70.1. The monoisotopic (exact) mass is 1010 g/mol. The lowest BCUT2D eigenvalue weighted by molar-refractivity contribution is -0.167. The van der Waals surface area contributed by atoms with Gasteiger partial charge >= 0.3 is 17.9 Å². The Balaban J connectivity index is 4.06. The van der Waals surface area contributed by atoms with Crippen molar-refractivity contribution >= 4 is 17.9 Å². The van der Waals surface area contributed by atoms with Crippen molar-refractivity contribution in [3.8, 4) is 0 Å². The Morgan fingerprint density at radius 2 is 0.458 bits per heavy atom. The fourth-order valence-electron chi connectivity index (χ4n) is 10.1. The summed E-state index contributed by atoms with van der Waals surface area (Å²) in [5.41, 5.74) is 0. The summed E-state index contributed by atoms with van der Waals surface area (Å²) in [7, 11) is 0. The highest BCUT2D eigenvalue weighted by Gasteiger charge is 2.19. The summed E-state index contributed by atoms with van der Waals surface area (Å²) in [5.74, 6) is -0.844. The fourth-order valence-corrected chi connectivity index (χ4v) is 10.1. The van der Waals surface area contributed by atoms with Crippen LogP contribution in [0.2, 0.25) is 0 Å². The van der Waals surface area contributed by atoms with Crippen LogP contribution in [0.4, 0.5) is 0 Å². The highest BCUT2D eigenvalue weighted by atomic mass is 16.6. The van der Waals surface area contributed by atoms with E-state index in [0.29, 0.717) is 19.3 Å². The van der Waals surface area contributed by atoms with E-state index < -0.39 is 6.10 Å². The van der Waals surface area contributed by atoms with Crippen molar-refractivity contribution in [2.75, 3.05) is 13.2 Å². The van der Waals surface area contributed by atoms with Gasteiger partial charge in [-0.05, 0) is 44.9 Å². The largest absolute Gasteiger partial charge is 0.462 e. The van der Waals surface area contributed by atoms with Crippen LogP contribution in [0.25, 0.3) is 0 Å². The van der Waals surface area contributed by atoms with Crippen molar-refractivity contribution in [3.63, 3.8) is 0 Å². The minimum Gasteiger partial charge on any atom is -0.462 e. The summed E-state index contributed by atoms with van der Waals surface area (Å²) in [6, 6.07) is 0. The number of hydrogen-bond donors (Lipinski definition) is 0. The maximum absolute atomic E-state index is 12.9. The lowest BCUT2D eigenvalue weighted by Crippen LogP contribution is -2.30. The number of allylic oxidation sites excluding steroid dienone is 2. The van der Waals surface area contributed by atoms with Crippen molar-refractivity contribution in [1.82, 2.24) is 0 Å². The second kappa shape index (κ2) is 61.7. The quantitative estimate of drug-likeness (QED) is 0.0261. The van der Waals surface area contributed by atoms with Crippen LogP contribution in [0.15, 0.2) is 12.2 Å². The molecular formula is C66H126O6. The molecule has 0 fully saturated rings. The standard InChI is InChI=1S/C66H126O6/c1-4-7-10-13-16-19-21-23-25-27-29-30-31-32-33-34-35-36-38-39-41-43-45-47-50-53-56-59-65(68)71-62-63(61-70-64(67)58-55-52-49-18-15-12-9-6-3)72-66(69)60-57-54-51-48-46-44-42-40-37-28-26-24-22-20-17-14-11-8-5-2/h24,26,63H,4-23,25,27-62H2,1-3H3/b26-24-. The predicted octanol–water partition coefficient (Wildman–Crippen LogP) is 22.1. The smallest absolute Gasteiger partial charge is 0.306 e. The molecule has 0 aliphatic carbocycles. The second-order valence-corrected chi connectivity index (χ2v) is 22.4. The average molecular weight is 1020 g/mol. The van der Waals surface area contributed by atoms with E-state index in [9.17, 15) is 14.4 Å². The number of carbonyl (C=O) groups is 3. The van der Waals surface area contributed by atoms with E-state index in [2.05, 4.69) is 32.9 Å². The van der Waals surface area contributed by atoms with Gasteiger partial charge in [0.25, 0.3) is 0 Å². The van der Waals surface area contributed by atoms with Crippen molar-refractivity contribution in [2.45, 2.75) is 380 Å². The normalized spacial score (nSPS) is 12.0. The molecule has 0 spiro atoms. The number of esters is 3. The Bertz CT molecular complexity index is 1120. The summed E-state index contributed by atoms with van der Waals surface area (Å²) in [4.78, 5) is 38.1. The molecule has 0 aliphatic heterocycles. The maximum atomic E-state index is 12.9. The summed E-state index contributed by atoms with van der Waals surface area (Å²) >= 11 is 0. The van der Waals surface area contributed by atoms with Gasteiger partial charge in [0.05, 0.1) is 0 Å². The number of hydrogen-bond acceptors (Lipinski definition) is 6. The van der Waals surface area contributed by atoms with E-state index in [1.807, 2.05) is 0 Å². The third-order valence-corrected chi connectivity index (χ3v) is 15.0. The third-order valence-electron chi connectivity index (χ3n) is 15.0. The Hall–Kier alpha value is -1.85. The molecule has 0 amide bonds. The highest BCUT2D eigenvalue weighted by molar-refractivity contribution is 5.71. The van der Waals surface area contributed by atoms with Gasteiger partial charge in [0, 0.05) is 19.3 Å². The van der Waals surface area contributed by atoms with Crippen LogP contribution < -0.4 is 0 Å². The van der Waals surface area contributed by atoms with Crippen LogP contribution in [-0.4, -0.2) is 37.2 Å². The molecular weight excluding hydrogens is 889 g/mol. The lowest BCUT2D eigenvalue weighted by atomic mass is 10.0. The summed E-state index contributed by atoms with van der Waals surface area (Å²) < 4.78 is 16.9. The molecule has 0 radical (unpaired) electrons. The molecule has 0 bridgehead atoms. The highest BCUT2D eigenvalue weighted by Crippen LogP contribution is 2.18. The number of unbranched alkanes of at least 4 members (excludes halogenated alkanes) is 48. The van der Waals surface area contributed by atoms with Crippen LogP contribution >= 0.6 is 0 Å². The first-order valence-electron chi connectivity index (χ1n) is 32.7. The van der Waals surface area contributed by atoms with Gasteiger partial charge in [0.2, 0.25) is 0 Å². The molecule has 0 saturated carbocycles. The minimum absolute atomic E-state index is 0.0649. The SMILES string of the molecule is CCCCCCCC/C=C\CCCCCCCCCCCC(=O)OC(COC(=O)CCCCCCCCCC)COC(=O)CCCCCCCCCCCCCCCCCCCCCCCCCCCCC. The number of rotatable bonds is 61. The zero-order chi connectivity index (χ0) is 52.2. The maximum Gasteiger partial charge on any atom is 0.306 e. The van der Waals surface area contributed by atoms with E-state index in [1.54, 1.807) is 0 Å². The molecule has 426 valence electrons. The van der Waals surface area contributed by atoms with Gasteiger partial charge in [0.15, 0.2) is 6.10 Å². The molecule has 0 rings (SSSR count). The molecule has 0 N–H and O–H groups in total. The second-order valence-electron chi connectivity index (χ2n) is 22.4. The van der Waals surface area contributed by atoms with Crippen LogP contribution in [-0.2, 0) is 28.6 Å². The molecule has 0 aromatic heterocycles. The summed E-state index contributed by atoms with van der Waals surface area (Å²) in [6.07, 6.45) is 72.5. The fraction of sp³-hybridized carbons (Fsp3) is 0.924. The van der Waals surface area contributed by atoms with E-state index in [1.165, 1.54) is 276 Å². The molecule has 6 heteroatoms. The minimum atomic E-state index is -0.765. The van der Waals surface area contributed by atoms with Gasteiger partial charge in [-0.2, -0.15) is 0 Å². The first-order valence-corrected chi connectivity index (χ1v) is 32.7.